The number of rotatable bonds is 3. The number of amides is 2. The first-order valence-electron chi connectivity index (χ1n) is 5.03. The van der Waals surface area contributed by atoms with Gasteiger partial charge in [-0.25, -0.2) is 0 Å². The Kier molecular flexibility index (Phi) is 5.16. The Labute approximate surface area is 99.2 Å². The van der Waals surface area contributed by atoms with E-state index in [1.165, 1.54) is 18.5 Å². The molecule has 0 bridgehead atoms. The van der Waals surface area contributed by atoms with Gasteiger partial charge in [-0.2, -0.15) is 0 Å². The zero-order valence-electron chi connectivity index (χ0n) is 9.38. The number of hydrazine groups is 1. The summed E-state index contributed by atoms with van der Waals surface area (Å²) in [4.78, 5) is 26.5. The van der Waals surface area contributed by atoms with Crippen molar-refractivity contribution in [1.29, 1.82) is 0 Å². The molecule has 0 fully saturated rings. The predicted octanol–water partition coefficient (Wildman–Crippen LogP) is 0.975. The van der Waals surface area contributed by atoms with Crippen LogP contribution in [0.5, 0.6) is 0 Å². The van der Waals surface area contributed by atoms with Crippen LogP contribution in [-0.4, -0.2) is 16.8 Å². The third kappa shape index (κ3) is 4.74. The third-order valence-electron chi connectivity index (χ3n) is 1.79. The van der Waals surface area contributed by atoms with Crippen LogP contribution in [0.1, 0.15) is 17.3 Å². The largest absolute Gasteiger partial charge is 0.269 e. The van der Waals surface area contributed by atoms with Gasteiger partial charge in [-0.05, 0) is 19.1 Å². The number of allylic oxidation sites excluding steroid dienone is 3. The molecule has 0 saturated heterocycles. The number of carbonyl (C=O) groups excluding carboxylic acids is 2. The highest BCUT2D eigenvalue weighted by Crippen LogP contribution is 1.94. The van der Waals surface area contributed by atoms with Gasteiger partial charge in [-0.3, -0.25) is 25.4 Å². The Morgan fingerprint density at radius 3 is 2.53 bits per heavy atom. The summed E-state index contributed by atoms with van der Waals surface area (Å²) >= 11 is 0. The minimum absolute atomic E-state index is 0.389. The molecule has 0 saturated carbocycles. The topological polar surface area (TPSA) is 71.1 Å². The van der Waals surface area contributed by atoms with Crippen molar-refractivity contribution >= 4 is 11.8 Å². The third-order valence-corrected chi connectivity index (χ3v) is 1.79. The minimum atomic E-state index is -0.398. The second-order valence-corrected chi connectivity index (χ2v) is 3.06. The van der Waals surface area contributed by atoms with E-state index in [1.807, 2.05) is 6.92 Å². The molecular formula is C12H13N3O2. The standard InChI is InChI=1S/C12H13N3O2/c1-2-3-4-5-11(16)14-15-12(17)10-6-8-13-9-7-10/h2-9H,1H3,(H,14,16)(H,15,17). The van der Waals surface area contributed by atoms with Crippen molar-refractivity contribution in [2.24, 2.45) is 0 Å². The zero-order valence-corrected chi connectivity index (χ0v) is 9.38. The van der Waals surface area contributed by atoms with Crippen molar-refractivity contribution < 1.29 is 9.59 Å². The summed E-state index contributed by atoms with van der Waals surface area (Å²) < 4.78 is 0. The van der Waals surface area contributed by atoms with Gasteiger partial charge in [0.1, 0.15) is 0 Å². The molecule has 5 nitrogen and oxygen atoms in total. The van der Waals surface area contributed by atoms with E-state index >= 15 is 0 Å². The lowest BCUT2D eigenvalue weighted by molar-refractivity contribution is -0.117. The molecule has 0 atom stereocenters. The average Bonchev–Trinajstić information content (AvgIpc) is 2.37. The predicted molar refractivity (Wildman–Crippen MR) is 63.8 cm³/mol. The van der Waals surface area contributed by atoms with E-state index in [4.69, 9.17) is 0 Å². The van der Waals surface area contributed by atoms with Crippen LogP contribution in [0, 0.1) is 0 Å². The van der Waals surface area contributed by atoms with Crippen molar-refractivity contribution in [2.45, 2.75) is 6.92 Å². The van der Waals surface area contributed by atoms with E-state index < -0.39 is 5.91 Å². The Hall–Kier alpha value is -2.43. The van der Waals surface area contributed by atoms with E-state index in [1.54, 1.807) is 30.4 Å². The summed E-state index contributed by atoms with van der Waals surface area (Å²) in [5.74, 6) is -0.786. The molecule has 5 heteroatoms. The maximum Gasteiger partial charge on any atom is 0.269 e. The van der Waals surface area contributed by atoms with Crippen LogP contribution in [-0.2, 0) is 4.79 Å². The first-order chi connectivity index (χ1) is 8.24. The number of hydrogen-bond donors (Lipinski definition) is 2. The molecule has 0 aliphatic carbocycles. The fraction of sp³-hybridized carbons (Fsp3) is 0.0833. The van der Waals surface area contributed by atoms with Crippen molar-refractivity contribution in [3.05, 3.63) is 54.4 Å². The van der Waals surface area contributed by atoms with Crippen LogP contribution in [0.4, 0.5) is 0 Å². The Morgan fingerprint density at radius 2 is 1.88 bits per heavy atom. The van der Waals surface area contributed by atoms with Crippen molar-refractivity contribution in [1.82, 2.24) is 15.8 Å². The van der Waals surface area contributed by atoms with Gasteiger partial charge in [-0.15, -0.1) is 0 Å². The SMILES string of the molecule is CC=CC=CC(=O)NNC(=O)c1ccncc1. The smallest absolute Gasteiger partial charge is 0.268 e. The number of aromatic nitrogens is 1. The normalized spacial score (nSPS) is 10.6. The Morgan fingerprint density at radius 1 is 1.18 bits per heavy atom. The molecule has 0 unspecified atom stereocenters. The second kappa shape index (κ2) is 6.95. The lowest BCUT2D eigenvalue weighted by Gasteiger charge is -2.04. The zero-order chi connectivity index (χ0) is 12.5. The van der Waals surface area contributed by atoms with E-state index in [2.05, 4.69) is 15.8 Å². The molecule has 1 aromatic heterocycles. The summed E-state index contributed by atoms with van der Waals surface area (Å²) in [7, 11) is 0. The summed E-state index contributed by atoms with van der Waals surface area (Å²) in [6.07, 6.45) is 9.40. The summed E-state index contributed by atoms with van der Waals surface area (Å²) in [5.41, 5.74) is 4.97. The monoisotopic (exact) mass is 231 g/mol. The second-order valence-electron chi connectivity index (χ2n) is 3.06. The average molecular weight is 231 g/mol. The van der Waals surface area contributed by atoms with Crippen LogP contribution in [0.25, 0.3) is 0 Å². The maximum absolute atomic E-state index is 11.5. The molecule has 0 aliphatic heterocycles. The molecule has 0 spiro atoms. The highest BCUT2D eigenvalue weighted by molar-refractivity contribution is 5.96. The van der Waals surface area contributed by atoms with Crippen LogP contribution in [0.15, 0.2) is 48.8 Å². The van der Waals surface area contributed by atoms with Crippen molar-refractivity contribution in [2.75, 3.05) is 0 Å². The van der Waals surface area contributed by atoms with Gasteiger partial charge in [0.25, 0.3) is 11.8 Å². The molecular weight excluding hydrogens is 218 g/mol. The van der Waals surface area contributed by atoms with Crippen LogP contribution in [0.2, 0.25) is 0 Å². The molecule has 88 valence electrons. The quantitative estimate of drug-likeness (QED) is 0.462. The summed E-state index contributed by atoms with van der Waals surface area (Å²) in [5, 5.41) is 0. The number of carbonyl (C=O) groups is 2. The molecule has 1 rings (SSSR count). The Bertz CT molecular complexity index is 438. The first kappa shape index (κ1) is 12.6. The number of pyridine rings is 1. The van der Waals surface area contributed by atoms with E-state index in [9.17, 15) is 9.59 Å². The molecule has 2 N–H and O–H groups in total. The van der Waals surface area contributed by atoms with Gasteiger partial charge in [-0.1, -0.05) is 18.2 Å². The van der Waals surface area contributed by atoms with Crippen LogP contribution < -0.4 is 10.9 Å². The molecule has 0 aromatic carbocycles. The fourth-order valence-corrected chi connectivity index (χ4v) is 0.990. The van der Waals surface area contributed by atoms with Gasteiger partial charge in [0.15, 0.2) is 0 Å². The fourth-order valence-electron chi connectivity index (χ4n) is 0.990. The van der Waals surface area contributed by atoms with Gasteiger partial charge in [0, 0.05) is 24.0 Å². The van der Waals surface area contributed by atoms with Crippen LogP contribution >= 0.6 is 0 Å². The van der Waals surface area contributed by atoms with Gasteiger partial charge < -0.3 is 0 Å². The molecule has 17 heavy (non-hydrogen) atoms. The van der Waals surface area contributed by atoms with Crippen molar-refractivity contribution in [3.8, 4) is 0 Å². The highest BCUT2D eigenvalue weighted by Gasteiger charge is 2.04. The first-order valence-corrected chi connectivity index (χ1v) is 5.03. The van der Waals surface area contributed by atoms with Crippen LogP contribution in [0.3, 0.4) is 0 Å². The lowest BCUT2D eigenvalue weighted by Crippen LogP contribution is -2.40. The van der Waals surface area contributed by atoms with Gasteiger partial charge in [0.05, 0.1) is 0 Å². The number of nitrogens with one attached hydrogen (secondary N) is 2. The minimum Gasteiger partial charge on any atom is -0.268 e. The molecule has 0 radical (unpaired) electrons. The van der Waals surface area contributed by atoms with E-state index in [-0.39, 0.29) is 5.91 Å². The molecule has 1 heterocycles. The summed E-state index contributed by atoms with van der Waals surface area (Å²) in [6, 6.07) is 3.11. The highest BCUT2D eigenvalue weighted by atomic mass is 16.2. The van der Waals surface area contributed by atoms with Crippen molar-refractivity contribution in [3.63, 3.8) is 0 Å². The molecule has 2 amide bonds. The Balaban J connectivity index is 2.41. The van der Waals surface area contributed by atoms with Gasteiger partial charge in [0.2, 0.25) is 0 Å². The van der Waals surface area contributed by atoms with E-state index in [0.29, 0.717) is 5.56 Å². The van der Waals surface area contributed by atoms with Gasteiger partial charge >= 0.3 is 0 Å². The lowest BCUT2D eigenvalue weighted by atomic mass is 10.3. The summed E-state index contributed by atoms with van der Waals surface area (Å²) in [6.45, 7) is 1.84. The van der Waals surface area contributed by atoms with E-state index in [0.717, 1.165) is 0 Å². The molecule has 0 aliphatic rings. The number of nitrogens with zero attached hydrogens (tertiary/aromatic N) is 1. The maximum atomic E-state index is 11.5. The molecule has 1 aromatic rings. The number of hydrogen-bond acceptors (Lipinski definition) is 3.